The van der Waals surface area contributed by atoms with Crippen LogP contribution in [0, 0.1) is 0 Å². The van der Waals surface area contributed by atoms with Gasteiger partial charge in [0, 0.05) is 12.8 Å². The molecule has 1 amide bonds. The van der Waals surface area contributed by atoms with Crippen LogP contribution in [-0.2, 0) is 19.1 Å². The van der Waals surface area contributed by atoms with Gasteiger partial charge in [0.15, 0.2) is 0 Å². The maximum absolute atomic E-state index is 12.3. The van der Waals surface area contributed by atoms with Crippen LogP contribution in [-0.4, -0.2) is 35.6 Å². The minimum atomic E-state index is -1.03. The molecule has 0 heterocycles. The SMILES string of the molecule is CCCCCCCCCCCCCCCCCCCCCC(=O)OC(CCC)CCCCCC(=O)NCC(=O)O. The van der Waals surface area contributed by atoms with Gasteiger partial charge in [-0.25, -0.2) is 0 Å². The molecule has 6 nitrogen and oxygen atoms in total. The van der Waals surface area contributed by atoms with E-state index < -0.39 is 5.97 Å². The molecule has 0 aliphatic carbocycles. The Balaban J connectivity index is 3.52. The number of ether oxygens (including phenoxy) is 1. The third kappa shape index (κ3) is 29.4. The monoisotopic (exact) mass is 567 g/mol. The molecule has 2 N–H and O–H groups in total. The molecule has 0 aromatic carbocycles. The van der Waals surface area contributed by atoms with Gasteiger partial charge in [0.2, 0.25) is 5.91 Å². The number of carbonyl (C=O) groups excluding carboxylic acids is 2. The second kappa shape index (κ2) is 30.4. The number of nitrogens with one attached hydrogen (secondary N) is 1. The van der Waals surface area contributed by atoms with Crippen LogP contribution < -0.4 is 5.32 Å². The van der Waals surface area contributed by atoms with Gasteiger partial charge in [-0.15, -0.1) is 0 Å². The lowest BCUT2D eigenvalue weighted by Gasteiger charge is -2.17. The first-order valence-corrected chi connectivity index (χ1v) is 17.2. The summed E-state index contributed by atoms with van der Waals surface area (Å²) in [6.45, 7) is 4.06. The summed E-state index contributed by atoms with van der Waals surface area (Å²) in [7, 11) is 0. The molecular weight excluding hydrogens is 502 g/mol. The van der Waals surface area contributed by atoms with Crippen molar-refractivity contribution in [3.05, 3.63) is 0 Å². The predicted octanol–water partition coefficient (Wildman–Crippen LogP) is 9.67. The molecule has 0 aromatic rings. The van der Waals surface area contributed by atoms with Crippen molar-refractivity contribution in [1.82, 2.24) is 5.32 Å². The number of carboxylic acids is 1. The largest absolute Gasteiger partial charge is 0.480 e. The minimum Gasteiger partial charge on any atom is -0.480 e. The predicted molar refractivity (Wildman–Crippen MR) is 167 cm³/mol. The number of aliphatic carboxylic acids is 1. The molecule has 0 radical (unpaired) electrons. The number of unbranched alkanes of at least 4 members (excludes halogenated alkanes) is 20. The van der Waals surface area contributed by atoms with E-state index in [1.807, 2.05) is 0 Å². The molecule has 0 spiro atoms. The molecular formula is C34H65NO5. The molecule has 1 atom stereocenters. The van der Waals surface area contributed by atoms with Crippen LogP contribution in [0.1, 0.15) is 187 Å². The van der Waals surface area contributed by atoms with E-state index >= 15 is 0 Å². The Bertz CT molecular complexity index is 595. The van der Waals surface area contributed by atoms with Crippen LogP contribution in [0.2, 0.25) is 0 Å². The first-order chi connectivity index (χ1) is 19.5. The standard InChI is InChI=1S/C34H65NO5/c1-3-5-6-7-8-9-10-11-12-13-14-15-16-17-18-19-20-21-25-29-34(39)40-31(26-4-2)27-23-22-24-28-32(36)35-30-33(37)38/h31H,3-30H2,1-2H3,(H,35,36)(H,37,38). The van der Waals surface area contributed by atoms with Gasteiger partial charge >= 0.3 is 11.9 Å². The molecule has 0 aromatic heterocycles. The number of carboxylic acid groups (broad SMARTS) is 1. The average Bonchev–Trinajstić information content (AvgIpc) is 2.93. The number of hydrogen-bond donors (Lipinski definition) is 2. The van der Waals surface area contributed by atoms with Gasteiger partial charge in [-0.2, -0.15) is 0 Å². The Morgan fingerprint density at radius 3 is 1.43 bits per heavy atom. The summed E-state index contributed by atoms with van der Waals surface area (Å²) in [6.07, 6.45) is 31.6. The summed E-state index contributed by atoms with van der Waals surface area (Å²) in [5.74, 6) is -1.32. The van der Waals surface area contributed by atoms with Crippen molar-refractivity contribution in [2.24, 2.45) is 0 Å². The summed E-state index contributed by atoms with van der Waals surface area (Å²) < 4.78 is 5.74. The maximum Gasteiger partial charge on any atom is 0.322 e. The fourth-order valence-electron chi connectivity index (χ4n) is 5.27. The van der Waals surface area contributed by atoms with E-state index in [1.165, 1.54) is 109 Å². The van der Waals surface area contributed by atoms with E-state index in [1.54, 1.807) is 0 Å². The second-order valence-corrected chi connectivity index (χ2v) is 11.8. The Morgan fingerprint density at radius 1 is 0.550 bits per heavy atom. The molecule has 0 rings (SSSR count). The van der Waals surface area contributed by atoms with Gasteiger partial charge in [-0.1, -0.05) is 142 Å². The Hall–Kier alpha value is -1.59. The molecule has 236 valence electrons. The van der Waals surface area contributed by atoms with Gasteiger partial charge in [0.1, 0.15) is 12.6 Å². The molecule has 0 saturated heterocycles. The molecule has 0 aliphatic heterocycles. The Kier molecular flexibility index (Phi) is 29.2. The molecule has 40 heavy (non-hydrogen) atoms. The van der Waals surface area contributed by atoms with Crippen molar-refractivity contribution in [1.29, 1.82) is 0 Å². The topological polar surface area (TPSA) is 92.7 Å². The van der Waals surface area contributed by atoms with Crippen molar-refractivity contribution in [3.8, 4) is 0 Å². The van der Waals surface area contributed by atoms with Gasteiger partial charge in [0.05, 0.1) is 0 Å². The third-order valence-electron chi connectivity index (χ3n) is 7.76. The lowest BCUT2D eigenvalue weighted by molar-refractivity contribution is -0.150. The highest BCUT2D eigenvalue weighted by Crippen LogP contribution is 2.17. The smallest absolute Gasteiger partial charge is 0.322 e. The highest BCUT2D eigenvalue weighted by molar-refractivity contribution is 5.80. The highest BCUT2D eigenvalue weighted by Gasteiger charge is 2.13. The van der Waals surface area contributed by atoms with Crippen LogP contribution in [0.3, 0.4) is 0 Å². The zero-order valence-electron chi connectivity index (χ0n) is 26.5. The highest BCUT2D eigenvalue weighted by atomic mass is 16.5. The fourth-order valence-corrected chi connectivity index (χ4v) is 5.27. The summed E-state index contributed by atoms with van der Waals surface area (Å²) in [5, 5.41) is 11.0. The lowest BCUT2D eigenvalue weighted by atomic mass is 10.0. The normalized spacial score (nSPS) is 11.8. The van der Waals surface area contributed by atoms with Crippen molar-refractivity contribution in [2.45, 2.75) is 193 Å². The molecule has 6 heteroatoms. The first-order valence-electron chi connectivity index (χ1n) is 17.2. The van der Waals surface area contributed by atoms with Crippen molar-refractivity contribution < 1.29 is 24.2 Å². The maximum atomic E-state index is 12.3. The van der Waals surface area contributed by atoms with Crippen LogP contribution in [0.5, 0.6) is 0 Å². The number of esters is 1. The summed E-state index contributed by atoms with van der Waals surface area (Å²) in [4.78, 5) is 34.3. The zero-order chi connectivity index (χ0) is 29.5. The first kappa shape index (κ1) is 38.4. The van der Waals surface area contributed by atoms with Gasteiger partial charge in [0.25, 0.3) is 0 Å². The lowest BCUT2D eigenvalue weighted by Crippen LogP contribution is -2.28. The second-order valence-electron chi connectivity index (χ2n) is 11.8. The Morgan fingerprint density at radius 2 is 0.975 bits per heavy atom. The van der Waals surface area contributed by atoms with Crippen molar-refractivity contribution in [2.75, 3.05) is 6.54 Å². The van der Waals surface area contributed by atoms with E-state index in [4.69, 9.17) is 9.84 Å². The molecule has 1 unspecified atom stereocenters. The van der Waals surface area contributed by atoms with Crippen LogP contribution in [0.15, 0.2) is 0 Å². The van der Waals surface area contributed by atoms with Gasteiger partial charge in [-0.3, -0.25) is 14.4 Å². The quantitative estimate of drug-likeness (QED) is 0.0642. The van der Waals surface area contributed by atoms with E-state index in [0.717, 1.165) is 51.4 Å². The van der Waals surface area contributed by atoms with E-state index in [-0.39, 0.29) is 24.5 Å². The molecule has 0 fully saturated rings. The average molecular weight is 568 g/mol. The number of hydrogen-bond acceptors (Lipinski definition) is 4. The minimum absolute atomic E-state index is 0.0290. The number of amides is 1. The van der Waals surface area contributed by atoms with Crippen molar-refractivity contribution in [3.63, 3.8) is 0 Å². The summed E-state index contributed by atoms with van der Waals surface area (Å²) in [5.41, 5.74) is 0. The molecule has 0 saturated carbocycles. The molecule has 0 bridgehead atoms. The van der Waals surface area contributed by atoms with E-state index in [2.05, 4.69) is 19.2 Å². The van der Waals surface area contributed by atoms with E-state index in [9.17, 15) is 14.4 Å². The number of rotatable bonds is 31. The summed E-state index contributed by atoms with van der Waals surface area (Å²) >= 11 is 0. The fraction of sp³-hybridized carbons (Fsp3) is 0.912. The van der Waals surface area contributed by atoms with Crippen LogP contribution in [0.4, 0.5) is 0 Å². The van der Waals surface area contributed by atoms with Gasteiger partial charge in [-0.05, 0) is 32.1 Å². The van der Waals surface area contributed by atoms with Crippen LogP contribution in [0.25, 0.3) is 0 Å². The number of carbonyl (C=O) groups is 3. The summed E-state index contributed by atoms with van der Waals surface area (Å²) in [6, 6.07) is 0. The third-order valence-corrected chi connectivity index (χ3v) is 7.76. The zero-order valence-corrected chi connectivity index (χ0v) is 26.5. The van der Waals surface area contributed by atoms with Crippen molar-refractivity contribution >= 4 is 17.8 Å². The molecule has 0 aliphatic rings. The van der Waals surface area contributed by atoms with Gasteiger partial charge < -0.3 is 15.2 Å². The van der Waals surface area contributed by atoms with E-state index in [0.29, 0.717) is 12.8 Å². The van der Waals surface area contributed by atoms with Crippen LogP contribution >= 0.6 is 0 Å². The Labute approximate surface area is 247 Å².